The van der Waals surface area contributed by atoms with E-state index >= 15 is 0 Å². The van der Waals surface area contributed by atoms with Crippen molar-refractivity contribution >= 4 is 17.3 Å². The standard InChI is InChI=1S/C26H20ClF10NO3/c1-2-15-11-19(9-10-21(15)27)40-18-7-4-6-17(13-18)38(14-22(39)24(30,31)32)41-20-8-3-5-16(12-20)23(28,29)25(33,34)26(35,36)37/h3-13,22,39H,2,14H2,1H3. The van der Waals surface area contributed by atoms with Gasteiger partial charge in [0, 0.05) is 16.7 Å². The Balaban J connectivity index is 1.97. The van der Waals surface area contributed by atoms with Crippen molar-refractivity contribution in [2.45, 2.75) is 43.6 Å². The van der Waals surface area contributed by atoms with Crippen LogP contribution in [0.1, 0.15) is 18.1 Å². The molecule has 3 rings (SSSR count). The van der Waals surface area contributed by atoms with Gasteiger partial charge in [0.2, 0.25) is 0 Å². The molecule has 0 aliphatic carbocycles. The van der Waals surface area contributed by atoms with Crippen LogP contribution in [0.3, 0.4) is 0 Å². The number of benzene rings is 3. The molecular formula is C26H20ClF10NO3. The van der Waals surface area contributed by atoms with Crippen LogP contribution in [0.4, 0.5) is 49.6 Å². The van der Waals surface area contributed by atoms with Gasteiger partial charge in [-0.3, -0.25) is 0 Å². The lowest BCUT2D eigenvalue weighted by atomic mass is 10.0. The maximum atomic E-state index is 14.2. The van der Waals surface area contributed by atoms with Crippen LogP contribution in [0.15, 0.2) is 66.7 Å². The van der Waals surface area contributed by atoms with Crippen molar-refractivity contribution < 1.29 is 58.6 Å². The molecule has 15 heteroatoms. The minimum Gasteiger partial charge on any atom is -0.457 e. The van der Waals surface area contributed by atoms with Crippen LogP contribution in [-0.2, 0) is 12.3 Å². The number of ether oxygens (including phenoxy) is 1. The van der Waals surface area contributed by atoms with E-state index in [0.29, 0.717) is 28.3 Å². The largest absolute Gasteiger partial charge is 0.460 e. The van der Waals surface area contributed by atoms with Crippen molar-refractivity contribution in [1.29, 1.82) is 0 Å². The summed E-state index contributed by atoms with van der Waals surface area (Å²) in [6, 6.07) is 11.6. The molecule has 0 radical (unpaired) electrons. The van der Waals surface area contributed by atoms with E-state index in [-0.39, 0.29) is 23.6 Å². The van der Waals surface area contributed by atoms with Crippen molar-refractivity contribution in [1.82, 2.24) is 0 Å². The van der Waals surface area contributed by atoms with Gasteiger partial charge in [-0.15, -0.1) is 0 Å². The zero-order valence-electron chi connectivity index (χ0n) is 20.7. The van der Waals surface area contributed by atoms with Gasteiger partial charge >= 0.3 is 24.2 Å². The first kappa shape index (κ1) is 32.1. The minimum absolute atomic E-state index is 0.0482. The topological polar surface area (TPSA) is 41.9 Å². The van der Waals surface area contributed by atoms with Gasteiger partial charge in [0.05, 0.1) is 12.2 Å². The quantitative estimate of drug-likeness (QED) is 0.182. The molecule has 224 valence electrons. The van der Waals surface area contributed by atoms with Crippen LogP contribution < -0.4 is 14.6 Å². The Hall–Kier alpha value is -3.39. The fourth-order valence-electron chi connectivity index (χ4n) is 3.41. The molecule has 4 nitrogen and oxygen atoms in total. The summed E-state index contributed by atoms with van der Waals surface area (Å²) < 4.78 is 139. The van der Waals surface area contributed by atoms with E-state index in [0.717, 1.165) is 17.7 Å². The molecule has 0 saturated heterocycles. The van der Waals surface area contributed by atoms with Crippen molar-refractivity contribution in [2.75, 3.05) is 11.6 Å². The van der Waals surface area contributed by atoms with E-state index in [1.807, 2.05) is 6.92 Å². The molecule has 0 aromatic heterocycles. The summed E-state index contributed by atoms with van der Waals surface area (Å²) in [5.74, 6) is -12.7. The highest BCUT2D eigenvalue weighted by atomic mass is 35.5. The lowest BCUT2D eigenvalue weighted by molar-refractivity contribution is -0.359. The normalized spacial score (nSPS) is 13.6. The average molecular weight is 620 g/mol. The second kappa shape index (κ2) is 11.8. The molecule has 0 spiro atoms. The number of hydroxylamine groups is 1. The third kappa shape index (κ3) is 7.28. The monoisotopic (exact) mass is 619 g/mol. The third-order valence-electron chi connectivity index (χ3n) is 5.62. The van der Waals surface area contributed by atoms with Gasteiger partial charge in [-0.2, -0.15) is 43.9 Å². The number of aryl methyl sites for hydroxylation is 1. The predicted octanol–water partition coefficient (Wildman–Crippen LogP) is 8.71. The number of hydrogen-bond acceptors (Lipinski definition) is 4. The van der Waals surface area contributed by atoms with Gasteiger partial charge in [-0.05, 0) is 54.4 Å². The zero-order valence-corrected chi connectivity index (χ0v) is 21.5. The summed E-state index contributed by atoms with van der Waals surface area (Å²) in [6.07, 6.45) is -14.3. The third-order valence-corrected chi connectivity index (χ3v) is 5.99. The molecule has 0 saturated carbocycles. The van der Waals surface area contributed by atoms with Crippen molar-refractivity contribution in [2.24, 2.45) is 0 Å². The molecule has 1 atom stereocenters. The Labute approximate surface area is 231 Å². The molecule has 0 bridgehead atoms. The lowest BCUT2D eigenvalue weighted by Gasteiger charge is -2.30. The zero-order chi connectivity index (χ0) is 30.8. The van der Waals surface area contributed by atoms with E-state index in [1.165, 1.54) is 24.3 Å². The lowest BCUT2D eigenvalue weighted by Crippen LogP contribution is -2.50. The number of anilines is 1. The maximum absolute atomic E-state index is 14.2. The van der Waals surface area contributed by atoms with Crippen LogP contribution >= 0.6 is 11.6 Å². The molecule has 0 aliphatic rings. The first-order valence-corrected chi connectivity index (χ1v) is 11.9. The number of nitrogens with zero attached hydrogens (tertiary/aromatic N) is 1. The first-order chi connectivity index (χ1) is 18.9. The van der Waals surface area contributed by atoms with Gasteiger partial charge in [0.1, 0.15) is 11.5 Å². The molecule has 0 heterocycles. The summed E-state index contributed by atoms with van der Waals surface area (Å²) in [5, 5.41) is 10.5. The Morgan fingerprint density at radius 1 is 0.805 bits per heavy atom. The highest BCUT2D eigenvalue weighted by Crippen LogP contribution is 2.52. The fraction of sp³-hybridized carbons (Fsp3) is 0.308. The van der Waals surface area contributed by atoms with Crippen molar-refractivity contribution in [3.8, 4) is 17.2 Å². The van der Waals surface area contributed by atoms with Crippen LogP contribution in [0, 0.1) is 0 Å². The molecule has 0 aliphatic heterocycles. The minimum atomic E-state index is -6.61. The van der Waals surface area contributed by atoms with Gasteiger partial charge in [0.15, 0.2) is 11.9 Å². The van der Waals surface area contributed by atoms with Crippen molar-refractivity contribution in [3.63, 3.8) is 0 Å². The van der Waals surface area contributed by atoms with Crippen LogP contribution in [0.25, 0.3) is 0 Å². The van der Waals surface area contributed by atoms with Crippen LogP contribution in [0.5, 0.6) is 17.2 Å². The first-order valence-electron chi connectivity index (χ1n) is 11.6. The molecular weight excluding hydrogens is 600 g/mol. The Kier molecular flexibility index (Phi) is 9.28. The summed E-state index contributed by atoms with van der Waals surface area (Å²) >= 11 is 6.08. The summed E-state index contributed by atoms with van der Waals surface area (Å²) in [6.45, 7) is 0.481. The Morgan fingerprint density at radius 2 is 1.41 bits per heavy atom. The van der Waals surface area contributed by atoms with Crippen LogP contribution in [0.2, 0.25) is 5.02 Å². The molecule has 0 fully saturated rings. The van der Waals surface area contributed by atoms with Gasteiger partial charge in [-0.25, -0.2) is 5.06 Å². The van der Waals surface area contributed by atoms with E-state index < -0.39 is 48.2 Å². The number of alkyl halides is 10. The Morgan fingerprint density at radius 3 is 2.02 bits per heavy atom. The highest BCUT2D eigenvalue weighted by molar-refractivity contribution is 6.31. The van der Waals surface area contributed by atoms with Crippen LogP contribution in [-0.4, -0.2) is 36.0 Å². The summed E-state index contributed by atoms with van der Waals surface area (Å²) in [7, 11) is 0. The predicted molar refractivity (Wildman–Crippen MR) is 129 cm³/mol. The number of hydrogen-bond donors (Lipinski definition) is 1. The fourth-order valence-corrected chi connectivity index (χ4v) is 3.67. The molecule has 3 aromatic rings. The number of halogens is 11. The second-order valence-corrected chi connectivity index (χ2v) is 9.00. The number of aliphatic hydroxyl groups excluding tert-OH is 1. The molecule has 41 heavy (non-hydrogen) atoms. The van der Waals surface area contributed by atoms with Crippen molar-refractivity contribution in [3.05, 3.63) is 82.9 Å². The second-order valence-electron chi connectivity index (χ2n) is 8.59. The van der Waals surface area contributed by atoms with Gasteiger partial charge in [-0.1, -0.05) is 36.7 Å². The van der Waals surface area contributed by atoms with E-state index in [1.54, 1.807) is 12.1 Å². The summed E-state index contributed by atoms with van der Waals surface area (Å²) in [5.41, 5.74) is -1.32. The molecule has 1 N–H and O–H groups in total. The average Bonchev–Trinajstić information content (AvgIpc) is 2.88. The van der Waals surface area contributed by atoms with E-state index in [2.05, 4.69) is 0 Å². The number of rotatable bonds is 10. The molecule has 1 unspecified atom stereocenters. The molecule has 3 aromatic carbocycles. The van der Waals surface area contributed by atoms with E-state index in [9.17, 15) is 49.0 Å². The maximum Gasteiger partial charge on any atom is 0.460 e. The Bertz CT molecular complexity index is 1350. The van der Waals surface area contributed by atoms with E-state index in [4.69, 9.17) is 21.2 Å². The SMILES string of the molecule is CCc1cc(Oc2cccc(N(CC(O)C(F)(F)F)Oc3cccc(C(F)(F)C(F)(F)C(F)(F)F)c3)c2)ccc1Cl. The number of aliphatic hydroxyl groups is 1. The highest BCUT2D eigenvalue weighted by Gasteiger charge is 2.73. The molecule has 0 amide bonds. The van der Waals surface area contributed by atoms with Gasteiger partial charge < -0.3 is 14.7 Å². The smallest absolute Gasteiger partial charge is 0.457 e. The summed E-state index contributed by atoms with van der Waals surface area (Å²) in [4.78, 5) is 5.20. The van der Waals surface area contributed by atoms with Gasteiger partial charge in [0.25, 0.3) is 0 Å².